The molecule has 102 valence electrons. The second-order valence-corrected chi connectivity index (χ2v) is 5.28. The van der Waals surface area contributed by atoms with E-state index in [0.29, 0.717) is 0 Å². The normalized spacial score (nSPS) is 11.2. The van der Waals surface area contributed by atoms with E-state index in [2.05, 4.69) is 60.7 Å². The summed E-state index contributed by atoms with van der Waals surface area (Å²) in [7, 11) is 0. The molecule has 0 fully saturated rings. The van der Waals surface area contributed by atoms with Gasteiger partial charge >= 0.3 is 0 Å². The molecule has 0 spiro atoms. The van der Waals surface area contributed by atoms with Crippen molar-refractivity contribution in [3.05, 3.63) is 53.9 Å². The zero-order valence-corrected chi connectivity index (χ0v) is 12.4. The van der Waals surface area contributed by atoms with E-state index in [1.807, 2.05) is 12.3 Å². The summed E-state index contributed by atoms with van der Waals surface area (Å²) in [6.07, 6.45) is 3.06. The maximum Gasteiger partial charge on any atom is 0.0944 e. The number of aromatic nitrogens is 2. The minimum atomic E-state index is 1.04. The van der Waals surface area contributed by atoms with Crippen molar-refractivity contribution >= 4 is 10.9 Å². The third kappa shape index (κ3) is 1.92. The van der Waals surface area contributed by atoms with Crippen molar-refractivity contribution in [1.82, 2.24) is 9.55 Å². The first-order valence-corrected chi connectivity index (χ1v) is 7.24. The molecule has 1 aromatic carbocycles. The van der Waals surface area contributed by atoms with Gasteiger partial charge in [0.15, 0.2) is 0 Å². The van der Waals surface area contributed by atoms with Gasteiger partial charge in [-0.1, -0.05) is 37.3 Å². The van der Waals surface area contributed by atoms with Crippen LogP contribution >= 0.6 is 0 Å². The molecule has 2 heteroatoms. The molecule has 0 aliphatic rings. The maximum atomic E-state index is 4.65. The topological polar surface area (TPSA) is 17.8 Å². The fourth-order valence-electron chi connectivity index (χ4n) is 2.91. The molecule has 2 heterocycles. The van der Waals surface area contributed by atoms with Crippen molar-refractivity contribution in [2.75, 3.05) is 0 Å². The third-order valence-corrected chi connectivity index (χ3v) is 4.04. The van der Waals surface area contributed by atoms with Crippen LogP contribution in [0.4, 0.5) is 0 Å². The lowest BCUT2D eigenvalue weighted by atomic mass is 10.1. The summed E-state index contributed by atoms with van der Waals surface area (Å²) >= 11 is 0. The Kier molecular flexibility index (Phi) is 3.31. The minimum Gasteiger partial charge on any atom is -0.343 e. The van der Waals surface area contributed by atoms with E-state index in [-0.39, 0.29) is 0 Å². The molecule has 0 saturated carbocycles. The summed E-state index contributed by atoms with van der Waals surface area (Å²) in [5.74, 6) is 0. The van der Waals surface area contributed by atoms with Gasteiger partial charge in [0.25, 0.3) is 0 Å². The molecule has 0 amide bonds. The molecule has 0 N–H and O–H groups in total. The zero-order chi connectivity index (χ0) is 14.1. The molecule has 0 aliphatic carbocycles. The number of fused-ring (bicyclic) bond motifs is 1. The fraction of sp³-hybridized carbons (Fsp3) is 0.278. The number of benzene rings is 1. The van der Waals surface area contributed by atoms with Crippen molar-refractivity contribution < 1.29 is 0 Å². The van der Waals surface area contributed by atoms with E-state index in [0.717, 1.165) is 18.7 Å². The zero-order valence-electron chi connectivity index (χ0n) is 12.4. The predicted molar refractivity (Wildman–Crippen MR) is 84.9 cm³/mol. The van der Waals surface area contributed by atoms with E-state index in [4.69, 9.17) is 0 Å². The van der Waals surface area contributed by atoms with E-state index in [1.165, 1.54) is 27.7 Å². The Labute approximate surface area is 120 Å². The van der Waals surface area contributed by atoms with Crippen LogP contribution in [0.1, 0.15) is 24.6 Å². The van der Waals surface area contributed by atoms with Crippen LogP contribution in [0.3, 0.4) is 0 Å². The summed E-state index contributed by atoms with van der Waals surface area (Å²) in [6.45, 7) is 7.68. The van der Waals surface area contributed by atoms with E-state index in [1.54, 1.807) is 0 Å². The van der Waals surface area contributed by atoms with Gasteiger partial charge in [-0.3, -0.25) is 4.98 Å². The Morgan fingerprint density at radius 2 is 1.80 bits per heavy atom. The summed E-state index contributed by atoms with van der Waals surface area (Å²) in [6, 6.07) is 12.6. The van der Waals surface area contributed by atoms with Crippen LogP contribution in [0.15, 0.2) is 42.6 Å². The summed E-state index contributed by atoms with van der Waals surface area (Å²) in [5.41, 5.74) is 6.27. The highest BCUT2D eigenvalue weighted by molar-refractivity contribution is 5.95. The lowest BCUT2D eigenvalue weighted by Crippen LogP contribution is -2.00. The maximum absolute atomic E-state index is 4.65. The molecule has 0 radical (unpaired) electrons. The number of hydrogen-bond donors (Lipinski definition) is 0. The first-order valence-electron chi connectivity index (χ1n) is 7.24. The Morgan fingerprint density at radius 3 is 2.50 bits per heavy atom. The van der Waals surface area contributed by atoms with Crippen molar-refractivity contribution in [2.24, 2.45) is 0 Å². The highest BCUT2D eigenvalue weighted by Gasteiger charge is 2.15. The first kappa shape index (κ1) is 12.9. The molecule has 0 saturated heterocycles. The van der Waals surface area contributed by atoms with Crippen LogP contribution in [0, 0.1) is 13.8 Å². The van der Waals surface area contributed by atoms with E-state index < -0.39 is 0 Å². The Hall–Kier alpha value is -2.09. The molecule has 20 heavy (non-hydrogen) atoms. The lowest BCUT2D eigenvalue weighted by Gasteiger charge is -2.10. The van der Waals surface area contributed by atoms with Gasteiger partial charge in [0.1, 0.15) is 0 Å². The molecule has 0 atom stereocenters. The average molecular weight is 264 g/mol. The van der Waals surface area contributed by atoms with Crippen molar-refractivity contribution in [1.29, 1.82) is 0 Å². The molecule has 0 bridgehead atoms. The monoisotopic (exact) mass is 264 g/mol. The van der Waals surface area contributed by atoms with Crippen LogP contribution in [-0.2, 0) is 6.54 Å². The van der Waals surface area contributed by atoms with Gasteiger partial charge in [0.2, 0.25) is 0 Å². The molecular weight excluding hydrogens is 244 g/mol. The highest BCUT2D eigenvalue weighted by Crippen LogP contribution is 2.32. The molecule has 3 rings (SSSR count). The largest absolute Gasteiger partial charge is 0.343 e. The van der Waals surface area contributed by atoms with Crippen molar-refractivity contribution in [2.45, 2.75) is 33.7 Å². The summed E-state index contributed by atoms with van der Waals surface area (Å²) < 4.78 is 2.42. The fourth-order valence-corrected chi connectivity index (χ4v) is 2.91. The summed E-state index contributed by atoms with van der Waals surface area (Å²) in [4.78, 5) is 4.65. The molecule has 3 aromatic rings. The second kappa shape index (κ2) is 5.12. The molecule has 2 nitrogen and oxygen atoms in total. The number of rotatable bonds is 3. The average Bonchev–Trinajstić information content (AvgIpc) is 2.74. The minimum absolute atomic E-state index is 1.04. The van der Waals surface area contributed by atoms with Crippen LogP contribution in [-0.4, -0.2) is 9.55 Å². The molecular formula is C18H20N2. The van der Waals surface area contributed by atoms with E-state index in [9.17, 15) is 0 Å². The van der Waals surface area contributed by atoms with Crippen LogP contribution in [0.25, 0.3) is 22.2 Å². The predicted octanol–water partition coefficient (Wildman–Crippen LogP) is 4.73. The summed E-state index contributed by atoms with van der Waals surface area (Å²) in [5, 5.41) is 1.32. The smallest absolute Gasteiger partial charge is 0.0944 e. The SMILES string of the molecule is CCCn1c(C)c(C)c2ccnc(-c3ccccc3)c21. The van der Waals surface area contributed by atoms with Gasteiger partial charge in [0.05, 0.1) is 11.2 Å². The van der Waals surface area contributed by atoms with Gasteiger partial charge in [-0.15, -0.1) is 0 Å². The number of hydrogen-bond acceptors (Lipinski definition) is 1. The van der Waals surface area contributed by atoms with E-state index >= 15 is 0 Å². The molecule has 2 aromatic heterocycles. The number of nitrogens with zero attached hydrogens (tertiary/aromatic N) is 2. The van der Waals surface area contributed by atoms with Gasteiger partial charge < -0.3 is 4.57 Å². The van der Waals surface area contributed by atoms with Gasteiger partial charge in [-0.2, -0.15) is 0 Å². The van der Waals surface area contributed by atoms with Gasteiger partial charge in [0, 0.05) is 29.4 Å². The number of pyridine rings is 1. The highest BCUT2D eigenvalue weighted by atomic mass is 15.0. The quantitative estimate of drug-likeness (QED) is 0.668. The van der Waals surface area contributed by atoms with Gasteiger partial charge in [-0.25, -0.2) is 0 Å². The first-order chi connectivity index (χ1) is 9.74. The molecule has 0 aliphatic heterocycles. The van der Waals surface area contributed by atoms with Crippen LogP contribution < -0.4 is 0 Å². The lowest BCUT2D eigenvalue weighted by molar-refractivity contribution is 0.683. The molecule has 0 unspecified atom stereocenters. The Morgan fingerprint density at radius 1 is 1.05 bits per heavy atom. The van der Waals surface area contributed by atoms with Crippen molar-refractivity contribution in [3.8, 4) is 11.3 Å². The van der Waals surface area contributed by atoms with Crippen LogP contribution in [0.5, 0.6) is 0 Å². The number of aryl methyl sites for hydroxylation is 2. The van der Waals surface area contributed by atoms with Crippen LogP contribution in [0.2, 0.25) is 0 Å². The third-order valence-electron chi connectivity index (χ3n) is 4.04. The second-order valence-electron chi connectivity index (χ2n) is 5.28. The van der Waals surface area contributed by atoms with Gasteiger partial charge in [-0.05, 0) is 31.9 Å². The van der Waals surface area contributed by atoms with Crippen molar-refractivity contribution in [3.63, 3.8) is 0 Å². The Bertz CT molecular complexity index is 739. The standard InChI is InChI=1S/C18H20N2/c1-4-12-20-14(3)13(2)16-10-11-19-17(18(16)20)15-8-6-5-7-9-15/h5-11H,4,12H2,1-3H3. The Balaban J connectivity index is 2.36.